The summed E-state index contributed by atoms with van der Waals surface area (Å²) in [6, 6.07) is 0.0799. The molecule has 0 aromatic carbocycles. The second kappa shape index (κ2) is 5.72. The summed E-state index contributed by atoms with van der Waals surface area (Å²) in [5.74, 6) is -1.83. The Labute approximate surface area is 120 Å². The number of hydrogen-bond acceptors (Lipinski definition) is 3. The Morgan fingerprint density at radius 1 is 1.20 bits per heavy atom. The molecule has 2 saturated carbocycles. The maximum atomic E-state index is 12.4. The van der Waals surface area contributed by atoms with Crippen LogP contribution in [0.5, 0.6) is 0 Å². The van der Waals surface area contributed by atoms with Crippen molar-refractivity contribution in [2.45, 2.75) is 58.1 Å². The Morgan fingerprint density at radius 2 is 1.80 bits per heavy atom. The highest BCUT2D eigenvalue weighted by atomic mass is 16.5. The molecule has 0 radical (unpaired) electrons. The summed E-state index contributed by atoms with van der Waals surface area (Å²) in [4.78, 5) is 23.6. The molecule has 0 bridgehead atoms. The van der Waals surface area contributed by atoms with Gasteiger partial charge in [0.15, 0.2) is 0 Å². The lowest BCUT2D eigenvalue weighted by Gasteiger charge is -2.51. The third kappa shape index (κ3) is 2.68. The number of carbonyl (C=O) groups is 2. The molecule has 4 atom stereocenters. The van der Waals surface area contributed by atoms with Crippen LogP contribution in [-0.2, 0) is 14.3 Å². The molecule has 5 heteroatoms. The Hall–Kier alpha value is -1.10. The second-order valence-corrected chi connectivity index (χ2v) is 6.68. The number of carbonyl (C=O) groups excluding carboxylic acids is 1. The van der Waals surface area contributed by atoms with Crippen LogP contribution in [0.4, 0.5) is 0 Å². The monoisotopic (exact) mass is 283 g/mol. The van der Waals surface area contributed by atoms with Crippen molar-refractivity contribution in [3.8, 4) is 0 Å². The van der Waals surface area contributed by atoms with Gasteiger partial charge in [-0.3, -0.25) is 9.59 Å². The van der Waals surface area contributed by atoms with E-state index in [-0.39, 0.29) is 29.4 Å². The number of ether oxygens (including phenoxy) is 1. The van der Waals surface area contributed by atoms with E-state index in [1.54, 1.807) is 7.11 Å². The van der Waals surface area contributed by atoms with Gasteiger partial charge in [0.2, 0.25) is 5.91 Å². The lowest BCUT2D eigenvalue weighted by Crippen LogP contribution is -2.62. The second-order valence-electron chi connectivity index (χ2n) is 6.68. The van der Waals surface area contributed by atoms with E-state index < -0.39 is 11.9 Å². The molecule has 114 valence electrons. The van der Waals surface area contributed by atoms with Gasteiger partial charge in [0.05, 0.1) is 17.9 Å². The largest absolute Gasteiger partial charge is 0.481 e. The van der Waals surface area contributed by atoms with Gasteiger partial charge in [0.25, 0.3) is 0 Å². The number of nitrogens with one attached hydrogen (secondary N) is 1. The lowest BCUT2D eigenvalue weighted by atomic mass is 9.64. The van der Waals surface area contributed by atoms with Crippen molar-refractivity contribution in [3.05, 3.63) is 0 Å². The molecule has 20 heavy (non-hydrogen) atoms. The quantitative estimate of drug-likeness (QED) is 0.825. The summed E-state index contributed by atoms with van der Waals surface area (Å²) in [7, 11) is 1.69. The lowest BCUT2D eigenvalue weighted by molar-refractivity contribution is -0.151. The first-order valence-electron chi connectivity index (χ1n) is 7.44. The summed E-state index contributed by atoms with van der Waals surface area (Å²) in [5.41, 5.74) is -0.0855. The van der Waals surface area contributed by atoms with Crippen LogP contribution >= 0.6 is 0 Å². The molecule has 1 amide bonds. The maximum Gasteiger partial charge on any atom is 0.307 e. The van der Waals surface area contributed by atoms with Crippen LogP contribution in [0.1, 0.15) is 46.0 Å². The van der Waals surface area contributed by atoms with Crippen molar-refractivity contribution in [1.82, 2.24) is 5.32 Å². The zero-order chi connectivity index (χ0) is 14.9. The molecule has 2 aliphatic carbocycles. The fraction of sp³-hybridized carbons (Fsp3) is 0.867. The standard InChI is InChI=1S/C15H25NO4/c1-15(2)11(8-12(15)20-3)16-13(17)9-6-4-5-7-10(9)14(18)19/h9-12H,4-8H2,1-3H3,(H,16,17)(H,18,19). The van der Waals surface area contributed by atoms with E-state index in [4.69, 9.17) is 4.74 Å². The van der Waals surface area contributed by atoms with Gasteiger partial charge in [0.1, 0.15) is 0 Å². The molecule has 2 rings (SSSR count). The number of carboxylic acid groups (broad SMARTS) is 1. The fourth-order valence-corrected chi connectivity index (χ4v) is 3.55. The van der Waals surface area contributed by atoms with Crippen LogP contribution in [0.2, 0.25) is 0 Å². The minimum atomic E-state index is -0.840. The van der Waals surface area contributed by atoms with E-state index in [2.05, 4.69) is 19.2 Å². The van der Waals surface area contributed by atoms with Gasteiger partial charge in [-0.15, -0.1) is 0 Å². The number of carboxylic acids is 1. The summed E-state index contributed by atoms with van der Waals surface area (Å²) in [6.07, 6.45) is 4.11. The minimum Gasteiger partial charge on any atom is -0.481 e. The Kier molecular flexibility index (Phi) is 4.37. The van der Waals surface area contributed by atoms with Gasteiger partial charge in [-0.25, -0.2) is 0 Å². The number of amides is 1. The van der Waals surface area contributed by atoms with Crippen LogP contribution in [-0.4, -0.2) is 36.2 Å². The maximum absolute atomic E-state index is 12.4. The third-order valence-corrected chi connectivity index (χ3v) is 5.20. The van der Waals surface area contributed by atoms with Gasteiger partial charge < -0.3 is 15.2 Å². The molecule has 2 aliphatic rings. The molecule has 0 heterocycles. The average molecular weight is 283 g/mol. The first kappa shape index (κ1) is 15.3. The van der Waals surface area contributed by atoms with Crippen LogP contribution in [0, 0.1) is 17.3 Å². The Morgan fingerprint density at radius 3 is 2.30 bits per heavy atom. The van der Waals surface area contributed by atoms with Crippen molar-refractivity contribution in [3.63, 3.8) is 0 Å². The van der Waals surface area contributed by atoms with Crippen LogP contribution in [0.25, 0.3) is 0 Å². The average Bonchev–Trinajstić information content (AvgIpc) is 2.42. The van der Waals surface area contributed by atoms with E-state index in [0.29, 0.717) is 12.8 Å². The molecule has 2 fully saturated rings. The summed E-state index contributed by atoms with van der Waals surface area (Å²) in [5, 5.41) is 12.3. The summed E-state index contributed by atoms with van der Waals surface area (Å²) >= 11 is 0. The molecule has 0 aliphatic heterocycles. The van der Waals surface area contributed by atoms with Gasteiger partial charge in [-0.05, 0) is 19.3 Å². The highest BCUT2D eigenvalue weighted by Crippen LogP contribution is 2.43. The van der Waals surface area contributed by atoms with E-state index in [0.717, 1.165) is 19.3 Å². The molecule has 0 aromatic heterocycles. The summed E-state index contributed by atoms with van der Waals surface area (Å²) < 4.78 is 5.37. The minimum absolute atomic E-state index is 0.0799. The number of rotatable bonds is 4. The zero-order valence-electron chi connectivity index (χ0n) is 12.5. The number of methoxy groups -OCH3 is 1. The van der Waals surface area contributed by atoms with E-state index in [9.17, 15) is 14.7 Å². The van der Waals surface area contributed by atoms with E-state index in [1.807, 2.05) is 0 Å². The van der Waals surface area contributed by atoms with Crippen molar-refractivity contribution in [2.75, 3.05) is 7.11 Å². The topological polar surface area (TPSA) is 75.6 Å². The van der Waals surface area contributed by atoms with Crippen molar-refractivity contribution >= 4 is 11.9 Å². The molecule has 4 unspecified atom stereocenters. The summed E-state index contributed by atoms with van der Waals surface area (Å²) in [6.45, 7) is 4.15. The number of hydrogen-bond donors (Lipinski definition) is 2. The normalized spacial score (nSPS) is 36.0. The molecular formula is C15H25NO4. The predicted molar refractivity (Wildman–Crippen MR) is 74.2 cm³/mol. The molecule has 0 aromatic rings. The fourth-order valence-electron chi connectivity index (χ4n) is 3.55. The van der Waals surface area contributed by atoms with Crippen molar-refractivity contribution < 1.29 is 19.4 Å². The van der Waals surface area contributed by atoms with Crippen LogP contribution < -0.4 is 5.32 Å². The molecule has 5 nitrogen and oxygen atoms in total. The molecule has 0 saturated heterocycles. The Balaban J connectivity index is 1.96. The highest BCUT2D eigenvalue weighted by Gasteiger charge is 2.50. The highest BCUT2D eigenvalue weighted by molar-refractivity contribution is 5.85. The Bertz CT molecular complexity index is 393. The molecular weight excluding hydrogens is 258 g/mol. The van der Waals surface area contributed by atoms with Crippen molar-refractivity contribution in [2.24, 2.45) is 17.3 Å². The SMILES string of the molecule is COC1CC(NC(=O)C2CCCCC2C(=O)O)C1(C)C. The first-order valence-corrected chi connectivity index (χ1v) is 7.44. The molecule has 2 N–H and O–H groups in total. The smallest absolute Gasteiger partial charge is 0.307 e. The van der Waals surface area contributed by atoms with Gasteiger partial charge in [0, 0.05) is 18.6 Å². The van der Waals surface area contributed by atoms with Gasteiger partial charge >= 0.3 is 5.97 Å². The first-order chi connectivity index (χ1) is 9.37. The zero-order valence-corrected chi connectivity index (χ0v) is 12.5. The van der Waals surface area contributed by atoms with Crippen molar-refractivity contribution in [1.29, 1.82) is 0 Å². The predicted octanol–water partition coefficient (Wildman–Crippen LogP) is 1.81. The van der Waals surface area contributed by atoms with Crippen LogP contribution in [0.3, 0.4) is 0 Å². The third-order valence-electron chi connectivity index (χ3n) is 5.20. The number of aliphatic carboxylic acids is 1. The van der Waals surface area contributed by atoms with Crippen LogP contribution in [0.15, 0.2) is 0 Å². The van der Waals surface area contributed by atoms with E-state index in [1.165, 1.54) is 0 Å². The van der Waals surface area contributed by atoms with Gasteiger partial charge in [-0.2, -0.15) is 0 Å². The van der Waals surface area contributed by atoms with E-state index >= 15 is 0 Å². The molecule has 0 spiro atoms. The van der Waals surface area contributed by atoms with Gasteiger partial charge in [-0.1, -0.05) is 26.7 Å².